The molecule has 5 N–H and O–H groups in total. The molecule has 0 heterocycles. The fourth-order valence-corrected chi connectivity index (χ4v) is 6.17. The fourth-order valence-electron chi connectivity index (χ4n) is 6.17. The minimum Gasteiger partial charge on any atom is -0.494 e. The molecule has 13 nitrogen and oxygen atoms in total. The number of anilines is 2. The van der Waals surface area contributed by atoms with Crippen LogP contribution in [0.25, 0.3) is 6.08 Å². The van der Waals surface area contributed by atoms with Crippen molar-refractivity contribution in [1.29, 1.82) is 0 Å². The van der Waals surface area contributed by atoms with Gasteiger partial charge in [0.1, 0.15) is 17.8 Å². The monoisotopic (exact) mass is 819 g/mol. The zero-order chi connectivity index (χ0) is 41.9. The number of nitrogens with two attached hydrogens (primary N) is 1. The summed E-state index contributed by atoms with van der Waals surface area (Å²) in [4.78, 5) is 72.5. The molecule has 0 saturated heterocycles. The largest absolute Gasteiger partial charge is 0.494 e. The van der Waals surface area contributed by atoms with Crippen molar-refractivity contribution in [2.45, 2.75) is 44.2 Å². The number of hydrogen-bond acceptors (Lipinski definition) is 10. The molecule has 0 bridgehead atoms. The highest BCUT2D eigenvalue weighted by Crippen LogP contribution is 2.43. The number of carbonyl (C=O) groups is 6. The standard InChI is InChI=1S/C39H37F5N2O11.CH3/c40-38(41,39(42,43)44)15-1-16-55-27-11-6-24(7-12-27)37(54)57-28-9-2-22(3-10-28)4-13-33(50)56-17-14-23-5-8-26(20-31(23)45)46-35(51)29-18-25(19-32(48)49)30(21-47)34(29)36(52)53;/h2-13,20-21,25,29-30,34H,1,14-19,45H2,(H,46,51)(H,48,49)(H,52,53);1H3/q;-1/b13-4+;. The van der Waals surface area contributed by atoms with Gasteiger partial charge < -0.3 is 47.7 Å². The van der Waals surface area contributed by atoms with E-state index >= 15 is 0 Å². The molecule has 1 saturated carbocycles. The molecule has 3 aromatic rings. The van der Waals surface area contributed by atoms with Crippen molar-refractivity contribution in [3.63, 3.8) is 0 Å². The molecule has 0 aromatic heterocycles. The lowest BCUT2D eigenvalue weighted by molar-refractivity contribution is -0.284. The normalized spacial score (nSPS) is 17.8. The Morgan fingerprint density at radius 3 is 2.14 bits per heavy atom. The molecule has 312 valence electrons. The van der Waals surface area contributed by atoms with Crippen molar-refractivity contribution in [1.82, 2.24) is 0 Å². The Morgan fingerprint density at radius 1 is 0.897 bits per heavy atom. The van der Waals surface area contributed by atoms with Crippen LogP contribution in [0.4, 0.5) is 33.3 Å². The number of alkyl halides is 5. The summed E-state index contributed by atoms with van der Waals surface area (Å²) in [6.07, 6.45) is -4.90. The molecule has 0 radical (unpaired) electrons. The minimum absolute atomic E-state index is 0. The number of halogens is 5. The number of carboxylic acids is 2. The molecule has 4 unspecified atom stereocenters. The number of hydrogen-bond donors (Lipinski definition) is 4. The van der Waals surface area contributed by atoms with Crippen LogP contribution in [-0.2, 0) is 35.1 Å². The van der Waals surface area contributed by atoms with E-state index in [2.05, 4.69) is 5.32 Å². The summed E-state index contributed by atoms with van der Waals surface area (Å²) < 4.78 is 78.5. The van der Waals surface area contributed by atoms with E-state index in [1.807, 2.05) is 0 Å². The number of aliphatic carboxylic acids is 2. The minimum atomic E-state index is -5.63. The van der Waals surface area contributed by atoms with Crippen molar-refractivity contribution >= 4 is 53.5 Å². The highest BCUT2D eigenvalue weighted by Gasteiger charge is 2.56. The van der Waals surface area contributed by atoms with Crippen LogP contribution >= 0.6 is 0 Å². The summed E-state index contributed by atoms with van der Waals surface area (Å²) >= 11 is 0. The van der Waals surface area contributed by atoms with E-state index in [1.54, 1.807) is 18.2 Å². The van der Waals surface area contributed by atoms with Gasteiger partial charge in [-0.25, -0.2) is 9.59 Å². The topological polar surface area (TPSA) is 209 Å². The van der Waals surface area contributed by atoms with Crippen LogP contribution in [0.3, 0.4) is 0 Å². The van der Waals surface area contributed by atoms with Crippen LogP contribution in [0.1, 0.15) is 47.2 Å². The predicted octanol–water partition coefficient (Wildman–Crippen LogP) is 6.66. The van der Waals surface area contributed by atoms with Crippen molar-refractivity contribution in [2.24, 2.45) is 23.7 Å². The molecular formula is C40H40F5N2O11-. The van der Waals surface area contributed by atoms with Gasteiger partial charge >= 0.3 is 36.0 Å². The summed E-state index contributed by atoms with van der Waals surface area (Å²) in [5.74, 6) is -13.6. The number of esters is 2. The molecule has 58 heavy (non-hydrogen) atoms. The fraction of sp³-hybridized carbons (Fsp3) is 0.325. The van der Waals surface area contributed by atoms with Gasteiger partial charge in [0.25, 0.3) is 0 Å². The molecule has 0 spiro atoms. The third kappa shape index (κ3) is 12.6. The molecule has 1 aliphatic rings. The molecule has 1 amide bonds. The Labute approximate surface area is 329 Å². The first kappa shape index (κ1) is 46.1. The number of ether oxygens (including phenoxy) is 3. The number of nitrogen functional groups attached to an aromatic ring is 1. The van der Waals surface area contributed by atoms with Gasteiger partial charge in [-0.15, -0.1) is 0 Å². The van der Waals surface area contributed by atoms with Crippen molar-refractivity contribution in [3.05, 3.63) is 96.9 Å². The summed E-state index contributed by atoms with van der Waals surface area (Å²) in [7, 11) is 0. The smallest absolute Gasteiger partial charge is 0.453 e. The number of benzene rings is 3. The quantitative estimate of drug-likeness (QED) is 0.0155. The number of rotatable bonds is 18. The van der Waals surface area contributed by atoms with E-state index in [0.29, 0.717) is 17.4 Å². The number of carbonyl (C=O) groups excluding carboxylic acids is 4. The zero-order valence-corrected chi connectivity index (χ0v) is 30.9. The maximum absolute atomic E-state index is 13.0. The van der Waals surface area contributed by atoms with Gasteiger partial charge in [-0.05, 0) is 84.5 Å². The van der Waals surface area contributed by atoms with E-state index in [-0.39, 0.29) is 55.3 Å². The molecule has 1 aliphatic carbocycles. The van der Waals surface area contributed by atoms with Gasteiger partial charge in [-0.3, -0.25) is 14.4 Å². The van der Waals surface area contributed by atoms with Crippen LogP contribution in [0, 0.1) is 31.1 Å². The number of nitrogens with one attached hydrogen (secondary N) is 1. The van der Waals surface area contributed by atoms with Crippen LogP contribution in [0.5, 0.6) is 11.5 Å². The number of amides is 1. The summed E-state index contributed by atoms with van der Waals surface area (Å²) in [6.45, 7) is -0.444. The second-order valence-electron chi connectivity index (χ2n) is 13.1. The first-order chi connectivity index (χ1) is 26.9. The lowest BCUT2D eigenvalue weighted by Gasteiger charge is -2.19. The van der Waals surface area contributed by atoms with Gasteiger partial charge in [0.05, 0.1) is 30.6 Å². The molecule has 4 rings (SSSR count). The highest BCUT2D eigenvalue weighted by molar-refractivity contribution is 5.97. The number of aldehydes is 1. The Balaban J connectivity index is 0.00000900. The summed E-state index contributed by atoms with van der Waals surface area (Å²) in [5.41, 5.74) is 7.88. The average Bonchev–Trinajstić information content (AvgIpc) is 3.52. The van der Waals surface area contributed by atoms with Crippen molar-refractivity contribution in [3.8, 4) is 11.5 Å². The van der Waals surface area contributed by atoms with Crippen molar-refractivity contribution < 1.29 is 75.1 Å². The Bertz CT molecular complexity index is 1970. The third-order valence-electron chi connectivity index (χ3n) is 9.11. The van der Waals surface area contributed by atoms with E-state index < -0.39 is 91.4 Å². The Morgan fingerprint density at radius 2 is 1.55 bits per heavy atom. The van der Waals surface area contributed by atoms with Gasteiger partial charge in [0.15, 0.2) is 0 Å². The van der Waals surface area contributed by atoms with Gasteiger partial charge in [-0.1, -0.05) is 18.2 Å². The zero-order valence-electron chi connectivity index (χ0n) is 30.9. The summed E-state index contributed by atoms with van der Waals surface area (Å²) in [5, 5.41) is 21.4. The maximum Gasteiger partial charge on any atom is 0.453 e. The molecule has 0 aliphatic heterocycles. The third-order valence-corrected chi connectivity index (χ3v) is 9.11. The molecular weight excluding hydrogens is 779 g/mol. The molecule has 3 aromatic carbocycles. The van der Waals surface area contributed by atoms with Crippen molar-refractivity contribution in [2.75, 3.05) is 24.3 Å². The first-order valence-electron chi connectivity index (χ1n) is 17.3. The average molecular weight is 820 g/mol. The first-order valence-corrected chi connectivity index (χ1v) is 17.3. The Kier molecular flexibility index (Phi) is 16.0. The maximum atomic E-state index is 13.0. The molecule has 4 atom stereocenters. The van der Waals surface area contributed by atoms with Gasteiger partial charge in [-0.2, -0.15) is 22.0 Å². The van der Waals surface area contributed by atoms with Crippen LogP contribution in [-0.4, -0.2) is 71.6 Å². The van der Waals surface area contributed by atoms with E-state index in [1.165, 1.54) is 60.7 Å². The second-order valence-corrected chi connectivity index (χ2v) is 13.1. The van der Waals surface area contributed by atoms with Crippen LogP contribution < -0.4 is 20.5 Å². The molecule has 1 fully saturated rings. The van der Waals surface area contributed by atoms with Gasteiger partial charge in [0.2, 0.25) is 5.91 Å². The molecule has 18 heteroatoms. The number of carboxylic acid groups (broad SMARTS) is 2. The Hall–Kier alpha value is -6.33. The second kappa shape index (κ2) is 20.2. The van der Waals surface area contributed by atoms with E-state index in [9.17, 15) is 55.8 Å². The lowest BCUT2D eigenvalue weighted by atomic mass is 9.86. The van der Waals surface area contributed by atoms with Crippen LogP contribution in [0.15, 0.2) is 72.8 Å². The van der Waals surface area contributed by atoms with E-state index in [0.717, 1.165) is 0 Å². The SMILES string of the molecule is Nc1cc(NC(=O)C2CC(CC(=O)O)C(C=O)C2C(=O)O)ccc1CCOC(=O)/C=C/c1ccc(OC(=O)c2ccc(OCCCC(F)(F)C(F)(F)F)cc2)cc1.[CH3-]. The summed E-state index contributed by atoms with van der Waals surface area (Å²) in [6, 6.07) is 16.0. The van der Waals surface area contributed by atoms with Gasteiger partial charge in [0, 0.05) is 42.6 Å². The lowest BCUT2D eigenvalue weighted by Crippen LogP contribution is -2.36. The van der Waals surface area contributed by atoms with E-state index in [4.69, 9.17) is 25.1 Å². The highest BCUT2D eigenvalue weighted by atomic mass is 19.4. The van der Waals surface area contributed by atoms with Crippen LogP contribution in [0.2, 0.25) is 0 Å². The predicted molar refractivity (Wildman–Crippen MR) is 198 cm³/mol.